The quantitative estimate of drug-likeness (QED) is 0.929. The molecule has 0 saturated heterocycles. The number of hydrogen-bond acceptors (Lipinski definition) is 3. The summed E-state index contributed by atoms with van der Waals surface area (Å²) in [6.07, 6.45) is -0.174. The van der Waals surface area contributed by atoms with Gasteiger partial charge in [0.15, 0.2) is 0 Å². The van der Waals surface area contributed by atoms with E-state index in [0.29, 0.717) is 6.42 Å². The average Bonchev–Trinajstić information content (AvgIpc) is 2.87. The Labute approximate surface area is 121 Å². The molecular weight excluding hydrogens is 283 g/mol. The van der Waals surface area contributed by atoms with Gasteiger partial charge in [-0.05, 0) is 18.1 Å². The van der Waals surface area contributed by atoms with Crippen LogP contribution in [0, 0.1) is 11.7 Å². The van der Waals surface area contributed by atoms with Crippen LogP contribution in [0.2, 0.25) is 5.02 Å². The van der Waals surface area contributed by atoms with Crippen LogP contribution < -0.4 is 5.32 Å². The van der Waals surface area contributed by atoms with Gasteiger partial charge in [0.2, 0.25) is 6.10 Å². The molecule has 0 aromatic heterocycles. The third kappa shape index (κ3) is 3.28. The molecule has 0 saturated carbocycles. The van der Waals surface area contributed by atoms with Crippen molar-refractivity contribution in [2.24, 2.45) is 11.1 Å². The van der Waals surface area contributed by atoms with E-state index in [1.165, 1.54) is 12.1 Å². The minimum Gasteiger partial charge on any atom is -0.382 e. The number of nitrogens with zero attached hydrogens (tertiary/aromatic N) is 1. The van der Waals surface area contributed by atoms with E-state index in [1.807, 2.05) is 13.8 Å². The second kappa shape index (κ2) is 6.22. The molecule has 0 radical (unpaired) electrons. The fourth-order valence-corrected chi connectivity index (χ4v) is 2.10. The maximum Gasteiger partial charge on any atom is 0.264 e. The fourth-order valence-electron chi connectivity index (χ4n) is 1.87. The lowest BCUT2D eigenvalue weighted by molar-refractivity contribution is -0.131. The summed E-state index contributed by atoms with van der Waals surface area (Å²) in [5, 5.41) is 6.79. The van der Waals surface area contributed by atoms with Gasteiger partial charge in [0.1, 0.15) is 5.82 Å². The molecule has 1 aromatic rings. The van der Waals surface area contributed by atoms with Crippen molar-refractivity contribution in [3.8, 4) is 0 Å². The van der Waals surface area contributed by atoms with Gasteiger partial charge in [-0.1, -0.05) is 36.7 Å². The third-order valence-electron chi connectivity index (χ3n) is 3.15. The summed E-state index contributed by atoms with van der Waals surface area (Å²) in [7, 11) is 0. The highest BCUT2D eigenvalue weighted by Gasteiger charge is 2.29. The van der Waals surface area contributed by atoms with Crippen molar-refractivity contribution in [3.63, 3.8) is 0 Å². The number of oxime groups is 1. The standard InChI is InChI=1S/C14H16ClFN2O2/c1-8(2)12-6-13(20-18-12)14(19)17-7-9-10(15)4-3-5-11(9)16/h3-5,8,13H,6-7H2,1-2H3,(H,17,19). The van der Waals surface area contributed by atoms with E-state index in [4.69, 9.17) is 16.4 Å². The molecule has 1 atom stereocenters. The van der Waals surface area contributed by atoms with Crippen LogP contribution in [0.15, 0.2) is 23.4 Å². The number of hydrogen-bond donors (Lipinski definition) is 1. The first-order valence-corrected chi connectivity index (χ1v) is 6.80. The summed E-state index contributed by atoms with van der Waals surface area (Å²) in [6.45, 7) is 4.00. The van der Waals surface area contributed by atoms with Crippen LogP contribution in [0.25, 0.3) is 0 Å². The SMILES string of the molecule is CC(C)C1=NOC(C(=O)NCc2c(F)cccc2Cl)C1. The van der Waals surface area contributed by atoms with E-state index in [0.717, 1.165) is 5.71 Å². The minimum absolute atomic E-state index is 0.0290. The zero-order valence-corrected chi connectivity index (χ0v) is 12.1. The highest BCUT2D eigenvalue weighted by Crippen LogP contribution is 2.19. The molecule has 0 spiro atoms. The Balaban J connectivity index is 1.91. The topological polar surface area (TPSA) is 50.7 Å². The number of carbonyl (C=O) groups excluding carboxylic acids is 1. The Kier molecular flexibility index (Phi) is 4.60. The first-order chi connectivity index (χ1) is 9.49. The zero-order valence-electron chi connectivity index (χ0n) is 11.3. The van der Waals surface area contributed by atoms with Crippen molar-refractivity contribution in [2.75, 3.05) is 0 Å². The summed E-state index contributed by atoms with van der Waals surface area (Å²) in [5.41, 5.74) is 1.12. The number of benzene rings is 1. The Hall–Kier alpha value is -1.62. The molecule has 1 aliphatic rings. The van der Waals surface area contributed by atoms with Gasteiger partial charge in [0, 0.05) is 23.6 Å². The van der Waals surface area contributed by atoms with Crippen molar-refractivity contribution >= 4 is 23.2 Å². The van der Waals surface area contributed by atoms with E-state index in [2.05, 4.69) is 10.5 Å². The first-order valence-electron chi connectivity index (χ1n) is 6.42. The molecule has 0 aliphatic carbocycles. The molecule has 20 heavy (non-hydrogen) atoms. The Morgan fingerprint density at radius 3 is 2.95 bits per heavy atom. The Bertz CT molecular complexity index is 526. The third-order valence-corrected chi connectivity index (χ3v) is 3.51. The fraction of sp³-hybridized carbons (Fsp3) is 0.429. The summed E-state index contributed by atoms with van der Waals surface area (Å²) >= 11 is 5.89. The van der Waals surface area contributed by atoms with Crippen LogP contribution in [-0.2, 0) is 16.2 Å². The van der Waals surface area contributed by atoms with Crippen LogP contribution in [0.3, 0.4) is 0 Å². The van der Waals surface area contributed by atoms with Crippen molar-refractivity contribution in [2.45, 2.75) is 32.9 Å². The van der Waals surface area contributed by atoms with Gasteiger partial charge < -0.3 is 10.2 Å². The molecule has 1 unspecified atom stereocenters. The Morgan fingerprint density at radius 2 is 2.35 bits per heavy atom. The molecule has 1 amide bonds. The molecule has 6 heteroatoms. The van der Waals surface area contributed by atoms with Crippen LogP contribution in [0.4, 0.5) is 4.39 Å². The average molecular weight is 299 g/mol. The number of nitrogens with one attached hydrogen (secondary N) is 1. The molecule has 0 fully saturated rings. The van der Waals surface area contributed by atoms with Gasteiger partial charge in [0.05, 0.1) is 5.71 Å². The maximum absolute atomic E-state index is 13.6. The van der Waals surface area contributed by atoms with Crippen molar-refractivity contribution in [1.82, 2.24) is 5.32 Å². The second-order valence-electron chi connectivity index (χ2n) is 4.95. The van der Waals surface area contributed by atoms with Gasteiger partial charge in [-0.25, -0.2) is 4.39 Å². The predicted octanol–water partition coefficient (Wildman–Crippen LogP) is 2.90. The van der Waals surface area contributed by atoms with E-state index in [9.17, 15) is 9.18 Å². The van der Waals surface area contributed by atoms with Gasteiger partial charge in [-0.3, -0.25) is 4.79 Å². The van der Waals surface area contributed by atoms with E-state index in [-0.39, 0.29) is 29.0 Å². The summed E-state index contributed by atoms with van der Waals surface area (Å²) < 4.78 is 13.6. The van der Waals surface area contributed by atoms with Crippen LogP contribution in [0.5, 0.6) is 0 Å². The van der Waals surface area contributed by atoms with Crippen molar-refractivity contribution in [1.29, 1.82) is 0 Å². The molecular formula is C14H16ClFN2O2. The van der Waals surface area contributed by atoms with Crippen LogP contribution >= 0.6 is 11.6 Å². The lowest BCUT2D eigenvalue weighted by Crippen LogP contribution is -2.34. The maximum atomic E-state index is 13.6. The van der Waals surface area contributed by atoms with Gasteiger partial charge in [-0.2, -0.15) is 0 Å². The molecule has 1 aliphatic heterocycles. The summed E-state index contributed by atoms with van der Waals surface area (Å²) in [4.78, 5) is 17.0. The van der Waals surface area contributed by atoms with Gasteiger partial charge in [-0.15, -0.1) is 0 Å². The van der Waals surface area contributed by atoms with E-state index >= 15 is 0 Å². The second-order valence-corrected chi connectivity index (χ2v) is 5.36. The monoisotopic (exact) mass is 298 g/mol. The molecule has 4 nitrogen and oxygen atoms in total. The number of carbonyl (C=O) groups is 1. The lowest BCUT2D eigenvalue weighted by atomic mass is 10.0. The van der Waals surface area contributed by atoms with E-state index in [1.54, 1.807) is 6.07 Å². The molecule has 108 valence electrons. The Morgan fingerprint density at radius 1 is 1.60 bits per heavy atom. The van der Waals surface area contributed by atoms with E-state index < -0.39 is 11.9 Å². The van der Waals surface area contributed by atoms with Gasteiger partial charge >= 0.3 is 0 Å². The number of amides is 1. The minimum atomic E-state index is -0.641. The molecule has 1 aromatic carbocycles. The van der Waals surface area contributed by atoms with Crippen LogP contribution in [-0.4, -0.2) is 17.7 Å². The van der Waals surface area contributed by atoms with Gasteiger partial charge in [0.25, 0.3) is 5.91 Å². The first kappa shape index (κ1) is 14.8. The predicted molar refractivity (Wildman–Crippen MR) is 75.0 cm³/mol. The molecule has 1 heterocycles. The van der Waals surface area contributed by atoms with Crippen LogP contribution in [0.1, 0.15) is 25.8 Å². The number of rotatable bonds is 4. The molecule has 0 bridgehead atoms. The normalized spacial score (nSPS) is 17.9. The smallest absolute Gasteiger partial charge is 0.264 e. The summed E-state index contributed by atoms with van der Waals surface area (Å²) in [5.74, 6) is -0.512. The zero-order chi connectivity index (χ0) is 14.7. The highest BCUT2D eigenvalue weighted by molar-refractivity contribution is 6.31. The van der Waals surface area contributed by atoms with Crippen molar-refractivity contribution < 1.29 is 14.0 Å². The summed E-state index contributed by atoms with van der Waals surface area (Å²) in [6, 6.07) is 4.41. The number of halogens is 2. The molecule has 2 rings (SSSR count). The lowest BCUT2D eigenvalue weighted by Gasteiger charge is -2.11. The highest BCUT2D eigenvalue weighted by atomic mass is 35.5. The van der Waals surface area contributed by atoms with Crippen molar-refractivity contribution in [3.05, 3.63) is 34.6 Å². The largest absolute Gasteiger partial charge is 0.382 e. The molecule has 1 N–H and O–H groups in total.